The average Bonchev–Trinajstić information content (AvgIpc) is 2.63. The maximum Gasteiger partial charge on any atom is 0.485 e. The summed E-state index contributed by atoms with van der Waals surface area (Å²) in [4.78, 5) is 0. The first-order chi connectivity index (χ1) is 12.7. The standard InChI is InChI=1S/C18H14I.CHF3O3S/c1-3-9-15(10-4-1)17-13-7-8-14-18(17)19-16-11-5-2-6-12-16;2-1(3,4)8(5,6)7/h1-14H;(H,5,6,7)/q+1;/p-1. The molecule has 0 aromatic heterocycles. The third-order valence-electron chi connectivity index (χ3n) is 3.19. The topological polar surface area (TPSA) is 57.2 Å². The number of hydrogen-bond donors (Lipinski definition) is 0. The summed E-state index contributed by atoms with van der Waals surface area (Å²) in [7, 11) is -6.09. The molecule has 142 valence electrons. The Kier molecular flexibility index (Phi) is 7.40. The predicted octanol–water partition coefficient (Wildman–Crippen LogP) is 1.53. The van der Waals surface area contributed by atoms with Crippen LogP contribution in [-0.4, -0.2) is 18.5 Å². The lowest BCUT2D eigenvalue weighted by molar-refractivity contribution is -0.596. The summed E-state index contributed by atoms with van der Waals surface area (Å²) in [5, 5.41) is 0. The Labute approximate surface area is 165 Å². The molecule has 0 aliphatic carbocycles. The molecule has 0 saturated heterocycles. The quantitative estimate of drug-likeness (QED) is 0.308. The lowest BCUT2D eigenvalue weighted by atomic mass is 10.1. The van der Waals surface area contributed by atoms with Crippen LogP contribution >= 0.6 is 0 Å². The molecule has 0 heterocycles. The fraction of sp³-hybridized carbons (Fsp3) is 0.0526. The third kappa shape index (κ3) is 6.64. The fourth-order valence-corrected chi connectivity index (χ4v) is 4.61. The van der Waals surface area contributed by atoms with Gasteiger partial charge < -0.3 is 4.55 Å². The van der Waals surface area contributed by atoms with E-state index in [1.165, 1.54) is 18.3 Å². The van der Waals surface area contributed by atoms with Gasteiger partial charge in [-0.05, 0) is 29.8 Å². The van der Waals surface area contributed by atoms with Gasteiger partial charge >= 0.3 is 26.7 Å². The molecular formula is C19H14F3IO3S. The Morgan fingerprint density at radius 3 is 1.70 bits per heavy atom. The first-order valence-corrected chi connectivity index (χ1v) is 11.1. The van der Waals surface area contributed by atoms with Crippen LogP contribution in [0.4, 0.5) is 13.2 Å². The van der Waals surface area contributed by atoms with Crippen LogP contribution in [0, 0.1) is 7.14 Å². The van der Waals surface area contributed by atoms with Gasteiger partial charge in [-0.25, -0.2) is 8.42 Å². The van der Waals surface area contributed by atoms with E-state index in [0.29, 0.717) is 0 Å². The van der Waals surface area contributed by atoms with Crippen LogP contribution in [0.2, 0.25) is 0 Å². The molecule has 0 unspecified atom stereocenters. The predicted molar refractivity (Wildman–Crippen MR) is 91.5 cm³/mol. The van der Waals surface area contributed by atoms with E-state index in [1.54, 1.807) is 0 Å². The summed E-state index contributed by atoms with van der Waals surface area (Å²) in [6, 6.07) is 30.2. The highest BCUT2D eigenvalue weighted by atomic mass is 127. The Hall–Kier alpha value is -1.91. The molecule has 0 saturated carbocycles. The van der Waals surface area contributed by atoms with Gasteiger partial charge in [-0.1, -0.05) is 60.7 Å². The molecule has 0 N–H and O–H groups in total. The number of hydrogen-bond acceptors (Lipinski definition) is 3. The van der Waals surface area contributed by atoms with Crippen LogP contribution in [0.25, 0.3) is 11.1 Å². The van der Waals surface area contributed by atoms with Gasteiger partial charge in [0.2, 0.25) is 3.57 Å². The minimum Gasteiger partial charge on any atom is -0.741 e. The van der Waals surface area contributed by atoms with Crippen LogP contribution in [0.1, 0.15) is 0 Å². The van der Waals surface area contributed by atoms with Crippen molar-refractivity contribution in [2.75, 3.05) is 0 Å². The molecule has 0 atom stereocenters. The van der Waals surface area contributed by atoms with Crippen molar-refractivity contribution >= 4 is 10.1 Å². The third-order valence-corrected chi connectivity index (χ3v) is 6.62. The van der Waals surface area contributed by atoms with Gasteiger partial charge in [0.05, 0.1) is 0 Å². The molecule has 3 aromatic rings. The Morgan fingerprint density at radius 2 is 1.19 bits per heavy atom. The van der Waals surface area contributed by atoms with Gasteiger partial charge in [-0.2, -0.15) is 13.2 Å². The Bertz CT molecular complexity index is 960. The van der Waals surface area contributed by atoms with E-state index in [4.69, 9.17) is 13.0 Å². The molecule has 0 radical (unpaired) electrons. The molecule has 0 spiro atoms. The Morgan fingerprint density at radius 1 is 0.741 bits per heavy atom. The molecule has 0 amide bonds. The summed E-state index contributed by atoms with van der Waals surface area (Å²) in [5.41, 5.74) is -2.96. The van der Waals surface area contributed by atoms with E-state index in [-0.39, 0.29) is 21.2 Å². The van der Waals surface area contributed by atoms with Gasteiger partial charge in [0, 0.05) is 5.56 Å². The molecule has 3 aromatic carbocycles. The monoisotopic (exact) mass is 506 g/mol. The van der Waals surface area contributed by atoms with Crippen molar-refractivity contribution in [3.63, 3.8) is 0 Å². The lowest BCUT2D eigenvalue weighted by Gasteiger charge is -2.08. The second kappa shape index (κ2) is 9.34. The molecule has 3 nitrogen and oxygen atoms in total. The van der Waals surface area contributed by atoms with Crippen LogP contribution < -0.4 is 21.2 Å². The van der Waals surface area contributed by atoms with E-state index >= 15 is 0 Å². The van der Waals surface area contributed by atoms with Gasteiger partial charge in [-0.3, -0.25) is 0 Å². The average molecular weight is 506 g/mol. The van der Waals surface area contributed by atoms with Crippen molar-refractivity contribution in [3.05, 3.63) is 92.1 Å². The minimum absolute atomic E-state index is 0.119. The van der Waals surface area contributed by atoms with E-state index < -0.39 is 15.6 Å². The van der Waals surface area contributed by atoms with E-state index in [2.05, 4.69) is 84.9 Å². The van der Waals surface area contributed by atoms with Crippen LogP contribution in [0.15, 0.2) is 84.9 Å². The molecular weight excluding hydrogens is 492 g/mol. The molecule has 0 aliphatic heterocycles. The number of halogens is 4. The van der Waals surface area contributed by atoms with Crippen LogP contribution in [0.3, 0.4) is 0 Å². The summed E-state index contributed by atoms with van der Waals surface area (Å²) < 4.78 is 61.9. The molecule has 0 fully saturated rings. The highest BCUT2D eigenvalue weighted by Crippen LogP contribution is 2.20. The second-order valence-corrected chi connectivity index (χ2v) is 9.45. The Balaban J connectivity index is 0.000000279. The second-order valence-electron chi connectivity index (χ2n) is 5.14. The molecule has 3 rings (SSSR count). The molecule has 0 bridgehead atoms. The number of alkyl halides is 3. The lowest BCUT2D eigenvalue weighted by Crippen LogP contribution is -3.61. The fourth-order valence-electron chi connectivity index (χ4n) is 1.99. The van der Waals surface area contributed by atoms with Crippen molar-refractivity contribution < 1.29 is 47.3 Å². The van der Waals surface area contributed by atoms with Crippen molar-refractivity contribution in [3.8, 4) is 11.1 Å². The van der Waals surface area contributed by atoms with Crippen molar-refractivity contribution in [1.82, 2.24) is 0 Å². The van der Waals surface area contributed by atoms with E-state index in [1.807, 2.05) is 0 Å². The number of rotatable bonds is 3. The van der Waals surface area contributed by atoms with Crippen LogP contribution in [0.5, 0.6) is 0 Å². The normalized spacial score (nSPS) is 11.4. The zero-order valence-electron chi connectivity index (χ0n) is 13.7. The highest BCUT2D eigenvalue weighted by molar-refractivity contribution is 7.86. The summed E-state index contributed by atoms with van der Waals surface area (Å²) >= 11 is -0.119. The first-order valence-electron chi connectivity index (χ1n) is 7.55. The summed E-state index contributed by atoms with van der Waals surface area (Å²) in [6.45, 7) is 0. The SMILES string of the molecule is O=S(=O)([O-])C(F)(F)F.c1ccc([I+]c2ccccc2-c2ccccc2)cc1. The van der Waals surface area contributed by atoms with Gasteiger partial charge in [-0.15, -0.1) is 0 Å². The molecule has 27 heavy (non-hydrogen) atoms. The zero-order valence-corrected chi connectivity index (χ0v) is 16.7. The van der Waals surface area contributed by atoms with E-state index in [9.17, 15) is 13.2 Å². The summed E-state index contributed by atoms with van der Waals surface area (Å²) in [6.07, 6.45) is 0. The van der Waals surface area contributed by atoms with Crippen molar-refractivity contribution in [2.45, 2.75) is 5.51 Å². The van der Waals surface area contributed by atoms with Crippen LogP contribution in [-0.2, 0) is 10.1 Å². The minimum atomic E-state index is -6.09. The smallest absolute Gasteiger partial charge is 0.485 e. The first kappa shape index (κ1) is 21.4. The zero-order chi connectivity index (χ0) is 19.9. The molecule has 0 aliphatic rings. The van der Waals surface area contributed by atoms with Gasteiger partial charge in [0.25, 0.3) is 0 Å². The molecule has 8 heteroatoms. The van der Waals surface area contributed by atoms with Crippen molar-refractivity contribution in [2.24, 2.45) is 0 Å². The number of benzene rings is 3. The van der Waals surface area contributed by atoms with Gasteiger partial charge in [0.15, 0.2) is 13.7 Å². The summed E-state index contributed by atoms with van der Waals surface area (Å²) in [5.74, 6) is 0. The maximum absolute atomic E-state index is 10.7. The maximum atomic E-state index is 10.7. The highest BCUT2D eigenvalue weighted by Gasteiger charge is 2.36. The van der Waals surface area contributed by atoms with E-state index in [0.717, 1.165) is 0 Å². The van der Waals surface area contributed by atoms with Crippen molar-refractivity contribution in [1.29, 1.82) is 0 Å². The van der Waals surface area contributed by atoms with Gasteiger partial charge in [0.1, 0.15) is 0 Å². The largest absolute Gasteiger partial charge is 0.741 e.